The van der Waals surface area contributed by atoms with Gasteiger partial charge in [-0.05, 0) is 26.3 Å². The number of hydrogen-bond acceptors (Lipinski definition) is 4. The Morgan fingerprint density at radius 2 is 2.29 bits per heavy atom. The van der Waals surface area contributed by atoms with Crippen molar-refractivity contribution in [3.05, 3.63) is 12.2 Å². The van der Waals surface area contributed by atoms with Crippen molar-refractivity contribution in [2.24, 2.45) is 0 Å². The van der Waals surface area contributed by atoms with Gasteiger partial charge in [0.1, 0.15) is 12.2 Å². The molecule has 0 saturated heterocycles. The summed E-state index contributed by atoms with van der Waals surface area (Å²) in [6.07, 6.45) is 4.69. The minimum atomic E-state index is 0.421. The quantitative estimate of drug-likeness (QED) is 0.705. The minimum absolute atomic E-state index is 0.421. The molecule has 0 aliphatic rings. The summed E-state index contributed by atoms with van der Waals surface area (Å²) in [5.41, 5.74) is 0. The van der Waals surface area contributed by atoms with Crippen LogP contribution in [0.4, 0.5) is 0 Å². The topological polar surface area (TPSA) is 52.0 Å². The molecule has 1 aromatic rings. The Bertz CT molecular complexity index is 292. The van der Waals surface area contributed by atoms with Gasteiger partial charge in [-0.3, -0.25) is 4.68 Å². The van der Waals surface area contributed by atoms with Crippen LogP contribution in [0.15, 0.2) is 6.33 Å². The molecule has 0 amide bonds. The van der Waals surface area contributed by atoms with E-state index in [-0.39, 0.29) is 0 Å². The van der Waals surface area contributed by atoms with Gasteiger partial charge in [0.15, 0.2) is 0 Å². The summed E-state index contributed by atoms with van der Waals surface area (Å²) in [5.74, 6) is 1.05. The Kier molecular flexibility index (Phi) is 6.81. The highest BCUT2D eigenvalue weighted by molar-refractivity contribution is 4.89. The van der Waals surface area contributed by atoms with Crippen LogP contribution in [0.1, 0.15) is 32.5 Å². The number of hydrogen-bond donors (Lipinski definition) is 1. The molecule has 1 aromatic heterocycles. The van der Waals surface area contributed by atoms with Crippen molar-refractivity contribution in [3.8, 4) is 0 Å². The SMILES string of the molecule is CCCNC(CCOC)Cc1ncnn1CC. The summed E-state index contributed by atoms with van der Waals surface area (Å²) in [5, 5.41) is 7.73. The van der Waals surface area contributed by atoms with E-state index in [0.29, 0.717) is 6.04 Å². The zero-order valence-electron chi connectivity index (χ0n) is 11.1. The summed E-state index contributed by atoms with van der Waals surface area (Å²) in [4.78, 5) is 4.31. The maximum atomic E-state index is 5.15. The number of nitrogens with one attached hydrogen (secondary N) is 1. The van der Waals surface area contributed by atoms with Crippen LogP contribution in [0.25, 0.3) is 0 Å². The predicted molar refractivity (Wildman–Crippen MR) is 68.0 cm³/mol. The maximum Gasteiger partial charge on any atom is 0.138 e. The summed E-state index contributed by atoms with van der Waals surface area (Å²) in [6.45, 7) is 6.95. The maximum absolute atomic E-state index is 5.15. The Morgan fingerprint density at radius 3 is 2.94 bits per heavy atom. The standard InChI is InChI=1S/C12H24N4O/c1-4-7-13-11(6-8-17-3)9-12-14-10-15-16(12)5-2/h10-11,13H,4-9H2,1-3H3. The molecule has 0 aromatic carbocycles. The molecule has 0 aliphatic heterocycles. The number of nitrogens with zero attached hydrogens (tertiary/aromatic N) is 3. The zero-order chi connectivity index (χ0) is 12.5. The first-order chi connectivity index (χ1) is 8.31. The summed E-state index contributed by atoms with van der Waals surface area (Å²) in [7, 11) is 1.74. The molecular weight excluding hydrogens is 216 g/mol. The van der Waals surface area contributed by atoms with E-state index < -0.39 is 0 Å². The molecule has 1 unspecified atom stereocenters. The molecule has 5 nitrogen and oxygen atoms in total. The van der Waals surface area contributed by atoms with Crippen LogP contribution in [-0.4, -0.2) is 41.1 Å². The number of aromatic nitrogens is 3. The van der Waals surface area contributed by atoms with Gasteiger partial charge in [-0.15, -0.1) is 0 Å². The first-order valence-electron chi connectivity index (χ1n) is 6.40. The van der Waals surface area contributed by atoms with Crippen molar-refractivity contribution >= 4 is 0 Å². The lowest BCUT2D eigenvalue weighted by molar-refractivity contribution is 0.182. The first kappa shape index (κ1) is 14.1. The summed E-state index contributed by atoms with van der Waals surface area (Å²) in [6, 6.07) is 0.421. The smallest absolute Gasteiger partial charge is 0.138 e. The van der Waals surface area contributed by atoms with Gasteiger partial charge in [-0.25, -0.2) is 4.98 Å². The molecule has 0 aliphatic carbocycles. The lowest BCUT2D eigenvalue weighted by Crippen LogP contribution is -2.33. The van der Waals surface area contributed by atoms with E-state index in [9.17, 15) is 0 Å². The fourth-order valence-electron chi connectivity index (χ4n) is 1.82. The molecule has 1 N–H and O–H groups in total. The predicted octanol–water partition coefficient (Wildman–Crippen LogP) is 1.25. The fraction of sp³-hybridized carbons (Fsp3) is 0.833. The minimum Gasteiger partial charge on any atom is -0.385 e. The molecule has 0 fully saturated rings. The molecule has 1 heterocycles. The van der Waals surface area contributed by atoms with Gasteiger partial charge in [0.25, 0.3) is 0 Å². The molecule has 0 bridgehead atoms. The van der Waals surface area contributed by atoms with E-state index in [1.54, 1.807) is 13.4 Å². The fourth-order valence-corrected chi connectivity index (χ4v) is 1.82. The molecule has 0 radical (unpaired) electrons. The molecule has 0 spiro atoms. The van der Waals surface area contributed by atoms with Crippen LogP contribution in [0.5, 0.6) is 0 Å². The van der Waals surface area contributed by atoms with E-state index in [2.05, 4.69) is 29.2 Å². The Balaban J connectivity index is 2.51. The van der Waals surface area contributed by atoms with Crippen LogP contribution < -0.4 is 5.32 Å². The van der Waals surface area contributed by atoms with E-state index in [4.69, 9.17) is 4.74 Å². The molecule has 0 saturated carbocycles. The van der Waals surface area contributed by atoms with Gasteiger partial charge in [0.2, 0.25) is 0 Å². The zero-order valence-corrected chi connectivity index (χ0v) is 11.1. The Labute approximate surface area is 104 Å². The first-order valence-corrected chi connectivity index (χ1v) is 6.40. The number of methoxy groups -OCH3 is 1. The van der Waals surface area contributed by atoms with Crippen LogP contribution in [-0.2, 0) is 17.7 Å². The van der Waals surface area contributed by atoms with E-state index in [1.807, 2.05) is 4.68 Å². The molecule has 98 valence electrons. The van der Waals surface area contributed by atoms with Crippen LogP contribution in [0.3, 0.4) is 0 Å². The Hall–Kier alpha value is -0.940. The third-order valence-corrected chi connectivity index (χ3v) is 2.78. The molecule has 1 rings (SSSR count). The van der Waals surface area contributed by atoms with Gasteiger partial charge < -0.3 is 10.1 Å². The van der Waals surface area contributed by atoms with Crippen molar-refractivity contribution < 1.29 is 4.74 Å². The average molecular weight is 240 g/mol. The highest BCUT2D eigenvalue weighted by atomic mass is 16.5. The van der Waals surface area contributed by atoms with Gasteiger partial charge in [0.05, 0.1) is 0 Å². The van der Waals surface area contributed by atoms with Crippen molar-refractivity contribution in [3.63, 3.8) is 0 Å². The molecular formula is C12H24N4O. The Morgan fingerprint density at radius 1 is 1.47 bits per heavy atom. The van der Waals surface area contributed by atoms with Gasteiger partial charge >= 0.3 is 0 Å². The van der Waals surface area contributed by atoms with Crippen molar-refractivity contribution in [1.82, 2.24) is 20.1 Å². The second-order valence-electron chi connectivity index (χ2n) is 4.13. The lowest BCUT2D eigenvalue weighted by atomic mass is 10.1. The third kappa shape index (κ3) is 4.83. The third-order valence-electron chi connectivity index (χ3n) is 2.78. The second-order valence-corrected chi connectivity index (χ2v) is 4.13. The number of aryl methyl sites for hydroxylation is 1. The highest BCUT2D eigenvalue weighted by Crippen LogP contribution is 2.03. The largest absolute Gasteiger partial charge is 0.385 e. The van der Waals surface area contributed by atoms with Gasteiger partial charge in [-0.2, -0.15) is 5.10 Å². The average Bonchev–Trinajstić information content (AvgIpc) is 2.79. The van der Waals surface area contributed by atoms with Crippen LogP contribution in [0.2, 0.25) is 0 Å². The number of ether oxygens (including phenoxy) is 1. The van der Waals surface area contributed by atoms with Crippen molar-refractivity contribution in [2.75, 3.05) is 20.3 Å². The number of rotatable bonds is 9. The second kappa shape index (κ2) is 8.20. The highest BCUT2D eigenvalue weighted by Gasteiger charge is 2.12. The van der Waals surface area contributed by atoms with Crippen molar-refractivity contribution in [2.45, 2.75) is 45.7 Å². The molecule has 1 atom stereocenters. The van der Waals surface area contributed by atoms with E-state index in [1.165, 1.54) is 0 Å². The summed E-state index contributed by atoms with van der Waals surface area (Å²) < 4.78 is 7.10. The van der Waals surface area contributed by atoms with E-state index >= 15 is 0 Å². The van der Waals surface area contributed by atoms with Crippen LogP contribution >= 0.6 is 0 Å². The van der Waals surface area contributed by atoms with Crippen molar-refractivity contribution in [1.29, 1.82) is 0 Å². The lowest BCUT2D eigenvalue weighted by Gasteiger charge is -2.17. The van der Waals surface area contributed by atoms with Gasteiger partial charge in [0, 0.05) is 32.7 Å². The normalized spacial score (nSPS) is 12.9. The van der Waals surface area contributed by atoms with E-state index in [0.717, 1.165) is 44.8 Å². The van der Waals surface area contributed by atoms with Gasteiger partial charge in [-0.1, -0.05) is 6.92 Å². The monoisotopic (exact) mass is 240 g/mol. The van der Waals surface area contributed by atoms with Crippen LogP contribution in [0, 0.1) is 0 Å². The summed E-state index contributed by atoms with van der Waals surface area (Å²) >= 11 is 0. The molecule has 5 heteroatoms. The molecule has 17 heavy (non-hydrogen) atoms.